The van der Waals surface area contributed by atoms with Gasteiger partial charge < -0.3 is 5.11 Å². The third-order valence-electron chi connectivity index (χ3n) is 3.26. The van der Waals surface area contributed by atoms with E-state index in [0.29, 0.717) is 5.04 Å². The van der Waals surface area contributed by atoms with Gasteiger partial charge in [0.15, 0.2) is 0 Å². The van der Waals surface area contributed by atoms with Crippen LogP contribution in [0, 0.1) is 0 Å². The van der Waals surface area contributed by atoms with E-state index in [2.05, 4.69) is 40.8 Å². The minimum Gasteiger partial charge on any atom is -0.392 e. The number of rotatable bonds is 2. The van der Waals surface area contributed by atoms with Crippen LogP contribution in [-0.4, -0.2) is 19.8 Å². The summed E-state index contributed by atoms with van der Waals surface area (Å²) in [5.41, 5.74) is 0. The molecule has 0 aliphatic heterocycles. The van der Waals surface area contributed by atoms with Crippen LogP contribution in [0.25, 0.3) is 0 Å². The number of hydrogen-bond donors (Lipinski definition) is 1. The Morgan fingerprint density at radius 1 is 1.33 bits per heavy atom. The lowest BCUT2D eigenvalue weighted by Crippen LogP contribution is -2.38. The van der Waals surface area contributed by atoms with Crippen molar-refractivity contribution in [1.82, 2.24) is 0 Å². The van der Waals surface area contributed by atoms with E-state index in [-0.39, 0.29) is 6.61 Å². The highest BCUT2D eigenvalue weighted by atomic mass is 28.3. The fourth-order valence-electron chi connectivity index (χ4n) is 0.984. The van der Waals surface area contributed by atoms with Crippen LogP contribution in [0.15, 0.2) is 11.3 Å². The van der Waals surface area contributed by atoms with Crippen molar-refractivity contribution in [2.75, 3.05) is 6.61 Å². The van der Waals surface area contributed by atoms with E-state index in [4.69, 9.17) is 5.11 Å². The molecule has 72 valence electrons. The van der Waals surface area contributed by atoms with Crippen molar-refractivity contribution in [2.24, 2.45) is 0 Å². The van der Waals surface area contributed by atoms with Gasteiger partial charge in [-0.15, -0.1) is 0 Å². The van der Waals surface area contributed by atoms with E-state index >= 15 is 0 Å². The highest BCUT2D eigenvalue weighted by molar-refractivity contribution is 6.86. The minimum absolute atomic E-state index is 0.179. The molecule has 0 aliphatic carbocycles. The molecule has 0 aromatic carbocycles. The fourth-order valence-corrected chi connectivity index (χ4v) is 2.77. The Bertz CT molecular complexity index is 175. The second-order valence-corrected chi connectivity index (χ2v) is 10.5. The highest BCUT2D eigenvalue weighted by Crippen LogP contribution is 2.40. The molecule has 0 aromatic heterocycles. The number of aliphatic hydroxyl groups excluding tert-OH is 1. The third kappa shape index (κ3) is 2.46. The van der Waals surface area contributed by atoms with Gasteiger partial charge in [-0.3, -0.25) is 0 Å². The third-order valence-corrected chi connectivity index (χ3v) is 9.18. The van der Waals surface area contributed by atoms with Crippen LogP contribution in [0.4, 0.5) is 0 Å². The molecule has 0 bridgehead atoms. The van der Waals surface area contributed by atoms with Crippen molar-refractivity contribution in [2.45, 2.75) is 45.8 Å². The molecule has 0 heterocycles. The summed E-state index contributed by atoms with van der Waals surface area (Å²) >= 11 is 0. The van der Waals surface area contributed by atoms with Crippen molar-refractivity contribution in [1.29, 1.82) is 0 Å². The van der Waals surface area contributed by atoms with E-state index in [1.54, 1.807) is 0 Å². The molecule has 1 N–H and O–H groups in total. The molecule has 0 fully saturated rings. The van der Waals surface area contributed by atoms with Gasteiger partial charge in [0.1, 0.15) is 0 Å². The van der Waals surface area contributed by atoms with Gasteiger partial charge in [-0.25, -0.2) is 0 Å². The maximum Gasteiger partial charge on any atom is 0.0800 e. The van der Waals surface area contributed by atoms with Crippen LogP contribution in [0.5, 0.6) is 0 Å². The van der Waals surface area contributed by atoms with Crippen molar-refractivity contribution >= 4 is 8.07 Å². The zero-order valence-corrected chi connectivity index (χ0v) is 10.2. The van der Waals surface area contributed by atoms with Gasteiger partial charge in [-0.1, -0.05) is 45.1 Å². The normalized spacial score (nSPS) is 15.1. The summed E-state index contributed by atoms with van der Waals surface area (Å²) in [6, 6.07) is 0. The Morgan fingerprint density at radius 2 is 1.75 bits per heavy atom. The van der Waals surface area contributed by atoms with Crippen LogP contribution in [-0.2, 0) is 0 Å². The van der Waals surface area contributed by atoms with Crippen molar-refractivity contribution in [3.05, 3.63) is 11.3 Å². The average molecular weight is 186 g/mol. The zero-order valence-electron chi connectivity index (χ0n) is 9.23. The van der Waals surface area contributed by atoms with Gasteiger partial charge >= 0.3 is 0 Å². The predicted octanol–water partition coefficient (Wildman–Crippen LogP) is 2.97. The molecule has 0 radical (unpaired) electrons. The van der Waals surface area contributed by atoms with Gasteiger partial charge in [0, 0.05) is 0 Å². The summed E-state index contributed by atoms with van der Waals surface area (Å²) in [4.78, 5) is 0. The minimum atomic E-state index is -1.33. The van der Waals surface area contributed by atoms with Gasteiger partial charge in [-0.2, -0.15) is 0 Å². The molecule has 0 spiro atoms. The lowest BCUT2D eigenvalue weighted by molar-refractivity contribution is 0.342. The van der Waals surface area contributed by atoms with E-state index in [9.17, 15) is 0 Å². The average Bonchev–Trinajstić information content (AvgIpc) is 1.85. The smallest absolute Gasteiger partial charge is 0.0800 e. The monoisotopic (exact) mass is 186 g/mol. The zero-order chi connectivity index (χ0) is 9.99. The SMILES string of the molecule is C/C(=C/CO)[Si](C)(C)C(C)(C)C. The summed E-state index contributed by atoms with van der Waals surface area (Å²) in [6.07, 6.45) is 1.96. The lowest BCUT2D eigenvalue weighted by atomic mass is 10.2. The van der Waals surface area contributed by atoms with Gasteiger partial charge in [0.05, 0.1) is 14.7 Å². The Labute approximate surface area is 77.5 Å². The van der Waals surface area contributed by atoms with E-state index in [0.717, 1.165) is 0 Å². The number of allylic oxidation sites excluding steroid dienone is 1. The molecule has 0 amide bonds. The van der Waals surface area contributed by atoms with E-state index in [1.165, 1.54) is 5.20 Å². The first-order chi connectivity index (χ1) is 5.23. The summed E-state index contributed by atoms with van der Waals surface area (Å²) < 4.78 is 0. The Hall–Kier alpha value is -0.0831. The highest BCUT2D eigenvalue weighted by Gasteiger charge is 2.36. The Balaban J connectivity index is 4.73. The first-order valence-electron chi connectivity index (χ1n) is 4.51. The molecule has 12 heavy (non-hydrogen) atoms. The number of aliphatic hydroxyl groups is 1. The van der Waals surface area contributed by atoms with Crippen molar-refractivity contribution in [3.8, 4) is 0 Å². The molecule has 0 saturated carbocycles. The lowest BCUT2D eigenvalue weighted by Gasteiger charge is -2.38. The van der Waals surface area contributed by atoms with Crippen molar-refractivity contribution in [3.63, 3.8) is 0 Å². The molecule has 0 atom stereocenters. The summed E-state index contributed by atoms with van der Waals surface area (Å²) in [5.74, 6) is 0. The Morgan fingerprint density at radius 3 is 2.00 bits per heavy atom. The largest absolute Gasteiger partial charge is 0.392 e. The summed E-state index contributed by atoms with van der Waals surface area (Å²) in [6.45, 7) is 13.9. The fraction of sp³-hybridized carbons (Fsp3) is 0.800. The molecular weight excluding hydrogens is 164 g/mol. The van der Waals surface area contributed by atoms with Gasteiger partial charge in [-0.05, 0) is 12.0 Å². The maximum absolute atomic E-state index is 8.81. The molecule has 1 nitrogen and oxygen atoms in total. The van der Waals surface area contributed by atoms with Crippen LogP contribution < -0.4 is 0 Å². The topological polar surface area (TPSA) is 20.2 Å². The van der Waals surface area contributed by atoms with Crippen LogP contribution in [0.1, 0.15) is 27.7 Å². The summed E-state index contributed by atoms with van der Waals surface area (Å²) in [7, 11) is -1.33. The number of hydrogen-bond acceptors (Lipinski definition) is 1. The van der Waals surface area contributed by atoms with Crippen molar-refractivity contribution < 1.29 is 5.11 Å². The van der Waals surface area contributed by atoms with E-state index in [1.807, 2.05) is 6.08 Å². The first-order valence-corrected chi connectivity index (χ1v) is 7.51. The second kappa shape index (κ2) is 3.75. The summed E-state index contributed by atoms with van der Waals surface area (Å²) in [5, 5.41) is 10.6. The van der Waals surface area contributed by atoms with Gasteiger partial charge in [0.25, 0.3) is 0 Å². The molecule has 0 rings (SSSR count). The standard InChI is InChI=1S/C10H22OSi/c1-9(7-8-11)12(5,6)10(2,3)4/h7,11H,8H2,1-6H3/b9-7-. The molecule has 0 aliphatic rings. The van der Waals surface area contributed by atoms with Crippen LogP contribution in [0.2, 0.25) is 18.1 Å². The Kier molecular flexibility index (Phi) is 3.73. The predicted molar refractivity (Wildman–Crippen MR) is 58.0 cm³/mol. The first kappa shape index (κ1) is 11.9. The maximum atomic E-state index is 8.81. The van der Waals surface area contributed by atoms with E-state index < -0.39 is 8.07 Å². The quantitative estimate of drug-likeness (QED) is 0.657. The molecule has 0 saturated heterocycles. The molecule has 0 unspecified atom stereocenters. The molecular formula is C10H22OSi. The van der Waals surface area contributed by atoms with Crippen LogP contribution >= 0.6 is 0 Å². The molecule has 0 aromatic rings. The molecule has 2 heteroatoms. The van der Waals surface area contributed by atoms with Gasteiger partial charge in [0.2, 0.25) is 0 Å². The van der Waals surface area contributed by atoms with Crippen LogP contribution in [0.3, 0.4) is 0 Å². The second-order valence-electron chi connectivity index (χ2n) is 4.94.